The Bertz CT molecular complexity index is 776. The molecule has 3 rings (SSSR count). The molecule has 4 nitrogen and oxygen atoms in total. The molecular formula is C20H25N3O. The van der Waals surface area contributed by atoms with Gasteiger partial charge in [-0.3, -0.25) is 4.99 Å². The standard InChI is InChI=1S/C20H25N3O/c1-4-5-6-8-15-11-17(22-13-15)14(2)20-19(24-3)12-18(23-20)16-9-7-10-21-16/h7,9-13,21,23H,4-6,8H2,1-3H3/b17-14-. The maximum atomic E-state index is 5.56. The molecule has 0 bridgehead atoms. The maximum absolute atomic E-state index is 5.56. The molecule has 0 unspecified atom stereocenters. The highest BCUT2D eigenvalue weighted by molar-refractivity contribution is 5.88. The van der Waals surface area contributed by atoms with E-state index >= 15 is 0 Å². The summed E-state index contributed by atoms with van der Waals surface area (Å²) < 4.78 is 5.56. The van der Waals surface area contributed by atoms with Gasteiger partial charge in [-0.2, -0.15) is 0 Å². The van der Waals surface area contributed by atoms with E-state index in [0.29, 0.717) is 0 Å². The average molecular weight is 323 g/mol. The summed E-state index contributed by atoms with van der Waals surface area (Å²) in [4.78, 5) is 11.3. The van der Waals surface area contributed by atoms with Gasteiger partial charge in [0.2, 0.25) is 0 Å². The van der Waals surface area contributed by atoms with Gasteiger partial charge in [0.05, 0.1) is 29.9 Å². The summed E-state index contributed by atoms with van der Waals surface area (Å²) in [7, 11) is 1.70. The van der Waals surface area contributed by atoms with Crippen LogP contribution >= 0.6 is 0 Å². The van der Waals surface area contributed by atoms with Crippen molar-refractivity contribution in [1.29, 1.82) is 0 Å². The van der Waals surface area contributed by atoms with Crippen LogP contribution in [0.5, 0.6) is 5.75 Å². The lowest BCUT2D eigenvalue weighted by molar-refractivity contribution is 0.414. The monoisotopic (exact) mass is 323 g/mol. The van der Waals surface area contributed by atoms with Gasteiger partial charge in [-0.25, -0.2) is 0 Å². The van der Waals surface area contributed by atoms with E-state index in [2.05, 4.69) is 34.9 Å². The molecule has 2 aromatic rings. The fourth-order valence-electron chi connectivity index (χ4n) is 2.97. The number of rotatable bonds is 7. The largest absolute Gasteiger partial charge is 0.494 e. The van der Waals surface area contributed by atoms with Crippen LogP contribution in [0.4, 0.5) is 0 Å². The quantitative estimate of drug-likeness (QED) is 0.664. The number of H-pyrrole nitrogens is 2. The first kappa shape index (κ1) is 16.4. The molecule has 2 aromatic heterocycles. The highest BCUT2D eigenvalue weighted by Gasteiger charge is 2.16. The molecular weight excluding hydrogens is 298 g/mol. The molecule has 24 heavy (non-hydrogen) atoms. The Hall–Kier alpha value is -2.49. The Morgan fingerprint density at radius 3 is 2.83 bits per heavy atom. The van der Waals surface area contributed by atoms with E-state index in [9.17, 15) is 0 Å². The number of hydrogen-bond donors (Lipinski definition) is 2. The molecule has 0 saturated heterocycles. The molecule has 1 aliphatic heterocycles. The van der Waals surface area contributed by atoms with Crippen LogP contribution in [0, 0.1) is 0 Å². The third kappa shape index (κ3) is 3.37. The van der Waals surface area contributed by atoms with Crippen molar-refractivity contribution in [2.45, 2.75) is 39.5 Å². The molecule has 0 fully saturated rings. The zero-order chi connectivity index (χ0) is 16.9. The van der Waals surface area contributed by atoms with Crippen molar-refractivity contribution in [2.75, 3.05) is 7.11 Å². The molecule has 0 aromatic carbocycles. The van der Waals surface area contributed by atoms with Crippen molar-refractivity contribution in [1.82, 2.24) is 9.97 Å². The van der Waals surface area contributed by atoms with Crippen molar-refractivity contribution in [3.63, 3.8) is 0 Å². The van der Waals surface area contributed by atoms with E-state index in [4.69, 9.17) is 4.74 Å². The molecule has 4 heteroatoms. The SMILES string of the molecule is CCCCCC1=C/C(=C(\C)c2[nH]c(-c3ccc[nH]3)cc2OC)N=C1. The Morgan fingerprint density at radius 1 is 1.25 bits per heavy atom. The zero-order valence-corrected chi connectivity index (χ0v) is 14.6. The molecule has 1 aliphatic rings. The number of allylic oxidation sites excluding steroid dienone is 3. The van der Waals surface area contributed by atoms with Crippen LogP contribution in [0.1, 0.15) is 45.2 Å². The summed E-state index contributed by atoms with van der Waals surface area (Å²) in [6.07, 6.45) is 10.9. The first-order valence-electron chi connectivity index (χ1n) is 8.59. The highest BCUT2D eigenvalue weighted by atomic mass is 16.5. The topological polar surface area (TPSA) is 53.2 Å². The molecule has 0 aliphatic carbocycles. The Balaban J connectivity index is 1.87. The van der Waals surface area contributed by atoms with Crippen molar-refractivity contribution in [3.8, 4) is 17.1 Å². The van der Waals surface area contributed by atoms with Crippen molar-refractivity contribution in [2.24, 2.45) is 4.99 Å². The summed E-state index contributed by atoms with van der Waals surface area (Å²) in [5, 5.41) is 0. The van der Waals surface area contributed by atoms with E-state index in [1.165, 1.54) is 24.8 Å². The first-order chi connectivity index (χ1) is 11.7. The lowest BCUT2D eigenvalue weighted by atomic mass is 10.1. The van der Waals surface area contributed by atoms with Crippen molar-refractivity contribution in [3.05, 3.63) is 47.4 Å². The third-order valence-electron chi connectivity index (χ3n) is 4.41. The van der Waals surface area contributed by atoms with Crippen LogP contribution in [-0.2, 0) is 0 Å². The minimum atomic E-state index is 0.840. The maximum Gasteiger partial charge on any atom is 0.144 e. The summed E-state index contributed by atoms with van der Waals surface area (Å²) >= 11 is 0. The van der Waals surface area contributed by atoms with Crippen LogP contribution in [0.15, 0.2) is 46.7 Å². The normalized spacial score (nSPS) is 15.7. The van der Waals surface area contributed by atoms with E-state index < -0.39 is 0 Å². The third-order valence-corrected chi connectivity index (χ3v) is 4.41. The lowest BCUT2D eigenvalue weighted by Gasteiger charge is -2.04. The predicted molar refractivity (Wildman–Crippen MR) is 100 cm³/mol. The molecule has 0 amide bonds. The summed E-state index contributed by atoms with van der Waals surface area (Å²) in [6.45, 7) is 4.32. The molecule has 126 valence electrons. The Morgan fingerprint density at radius 2 is 2.12 bits per heavy atom. The van der Waals surface area contributed by atoms with E-state index in [-0.39, 0.29) is 0 Å². The van der Waals surface area contributed by atoms with Gasteiger partial charge < -0.3 is 14.7 Å². The van der Waals surface area contributed by atoms with Crippen LogP contribution in [-0.4, -0.2) is 23.3 Å². The molecule has 0 spiro atoms. The van der Waals surface area contributed by atoms with Gasteiger partial charge in [0.15, 0.2) is 0 Å². The number of methoxy groups -OCH3 is 1. The van der Waals surface area contributed by atoms with Gasteiger partial charge in [0, 0.05) is 24.1 Å². The zero-order valence-electron chi connectivity index (χ0n) is 14.6. The number of hydrogen-bond acceptors (Lipinski definition) is 2. The van der Waals surface area contributed by atoms with Gasteiger partial charge in [-0.1, -0.05) is 19.8 Å². The summed E-state index contributed by atoms with van der Waals surface area (Å²) in [5.41, 5.74) is 6.48. The summed E-state index contributed by atoms with van der Waals surface area (Å²) in [6, 6.07) is 6.05. The molecule has 0 saturated carbocycles. The first-order valence-corrected chi connectivity index (χ1v) is 8.59. The van der Waals surface area contributed by atoms with Gasteiger partial charge in [0.1, 0.15) is 5.75 Å². The molecule has 2 N–H and O–H groups in total. The Labute approximate surface area is 143 Å². The number of aliphatic imine (C=N–C) groups is 1. The lowest BCUT2D eigenvalue weighted by Crippen LogP contribution is -1.89. The van der Waals surface area contributed by atoms with Crippen LogP contribution < -0.4 is 4.74 Å². The number of unbranched alkanes of at least 4 members (excludes halogenated alkanes) is 2. The van der Waals surface area contributed by atoms with Gasteiger partial charge >= 0.3 is 0 Å². The minimum absolute atomic E-state index is 0.840. The van der Waals surface area contributed by atoms with Crippen LogP contribution in [0.2, 0.25) is 0 Å². The second-order valence-corrected chi connectivity index (χ2v) is 6.15. The fraction of sp³-hybridized carbons (Fsp3) is 0.350. The van der Waals surface area contributed by atoms with Gasteiger partial charge in [-0.15, -0.1) is 0 Å². The average Bonchev–Trinajstić information content (AvgIpc) is 3.33. The highest BCUT2D eigenvalue weighted by Crippen LogP contribution is 2.34. The number of nitrogens with zero attached hydrogens (tertiary/aromatic N) is 1. The summed E-state index contributed by atoms with van der Waals surface area (Å²) in [5.74, 6) is 0.840. The smallest absolute Gasteiger partial charge is 0.144 e. The van der Waals surface area contributed by atoms with Crippen LogP contribution in [0.3, 0.4) is 0 Å². The minimum Gasteiger partial charge on any atom is -0.494 e. The van der Waals surface area contributed by atoms with Gasteiger partial charge in [-0.05, 0) is 43.5 Å². The van der Waals surface area contributed by atoms with Crippen molar-refractivity contribution >= 4 is 11.8 Å². The van der Waals surface area contributed by atoms with Gasteiger partial charge in [0.25, 0.3) is 0 Å². The number of nitrogens with one attached hydrogen (secondary N) is 2. The van der Waals surface area contributed by atoms with Crippen molar-refractivity contribution < 1.29 is 4.74 Å². The molecule has 0 radical (unpaired) electrons. The Kier molecular flexibility index (Phi) is 5.04. The van der Waals surface area contributed by atoms with E-state index in [1.54, 1.807) is 7.11 Å². The molecule has 3 heterocycles. The second-order valence-electron chi connectivity index (χ2n) is 6.15. The number of aromatic amines is 2. The number of aromatic nitrogens is 2. The predicted octanol–water partition coefficient (Wildman–Crippen LogP) is 5.34. The molecule has 0 atom stereocenters. The van der Waals surface area contributed by atoms with Crippen LogP contribution in [0.25, 0.3) is 17.0 Å². The number of ether oxygens (including phenoxy) is 1. The van der Waals surface area contributed by atoms with E-state index in [0.717, 1.165) is 40.5 Å². The van der Waals surface area contributed by atoms with E-state index in [1.807, 2.05) is 30.6 Å². The second kappa shape index (κ2) is 7.39. The fourth-order valence-corrected chi connectivity index (χ4v) is 2.97.